The molecule has 0 saturated heterocycles. The van der Waals surface area contributed by atoms with Crippen molar-refractivity contribution < 1.29 is 0 Å². The van der Waals surface area contributed by atoms with Gasteiger partial charge in [-0.05, 0) is 36.5 Å². The lowest BCUT2D eigenvalue weighted by Crippen LogP contribution is -2.28. The van der Waals surface area contributed by atoms with Gasteiger partial charge < -0.3 is 0 Å². The van der Waals surface area contributed by atoms with E-state index in [1.807, 2.05) is 0 Å². The fraction of sp³-hybridized carbons (Fsp3) is 1.00. The van der Waals surface area contributed by atoms with Gasteiger partial charge in [0.1, 0.15) is 0 Å². The van der Waals surface area contributed by atoms with Gasteiger partial charge in [0.05, 0.1) is 0 Å². The molecule has 0 heterocycles. The zero-order valence-corrected chi connectivity index (χ0v) is 7.84. The number of rotatable bonds is 3. The van der Waals surface area contributed by atoms with Crippen LogP contribution in [0.15, 0.2) is 0 Å². The molecule has 11 heavy (non-hydrogen) atoms. The zero-order chi connectivity index (χ0) is 7.84. The molecule has 0 radical (unpaired) electrons. The maximum absolute atomic E-state index is 2.37. The summed E-state index contributed by atoms with van der Waals surface area (Å²) in [6.45, 7) is 4.70. The molecule has 0 N–H and O–H groups in total. The smallest absolute Gasteiger partial charge is 0.0352 e. The van der Waals surface area contributed by atoms with E-state index in [-0.39, 0.29) is 0 Å². The highest BCUT2D eigenvalue weighted by molar-refractivity contribution is 5.00. The fourth-order valence-electron chi connectivity index (χ4n) is 3.57. The first kappa shape index (κ1) is 7.64. The maximum Gasteiger partial charge on any atom is -0.0352 e. The van der Waals surface area contributed by atoms with E-state index >= 15 is 0 Å². The van der Waals surface area contributed by atoms with E-state index in [1.54, 1.807) is 12.8 Å². The van der Waals surface area contributed by atoms with Crippen LogP contribution < -0.4 is 0 Å². The highest BCUT2D eigenvalue weighted by Gasteiger charge is 2.50. The Hall–Kier alpha value is 0. The monoisotopic (exact) mass is 152 g/mol. The quantitative estimate of drug-likeness (QED) is 0.581. The highest BCUT2D eigenvalue weighted by Crippen LogP contribution is 2.59. The fourth-order valence-corrected chi connectivity index (χ4v) is 3.57. The summed E-state index contributed by atoms with van der Waals surface area (Å²) >= 11 is 0. The van der Waals surface area contributed by atoms with Crippen LogP contribution in [0.2, 0.25) is 0 Å². The third kappa shape index (κ3) is 1.02. The minimum atomic E-state index is 1.13. The van der Waals surface area contributed by atoms with Crippen molar-refractivity contribution >= 4 is 0 Å². The van der Waals surface area contributed by atoms with Crippen LogP contribution in [0.5, 0.6) is 0 Å². The molecule has 3 fully saturated rings. The van der Waals surface area contributed by atoms with Gasteiger partial charge in [-0.3, -0.25) is 0 Å². The molecule has 0 amide bonds. The molecule has 0 nitrogen and oxygen atoms in total. The van der Waals surface area contributed by atoms with Crippen LogP contribution in [-0.4, -0.2) is 0 Å². The Labute approximate surface area is 70.4 Å². The van der Waals surface area contributed by atoms with Crippen molar-refractivity contribution in [1.29, 1.82) is 0 Å². The van der Waals surface area contributed by atoms with Crippen LogP contribution >= 0.6 is 0 Å². The maximum atomic E-state index is 2.37. The predicted octanol–water partition coefficient (Wildman–Crippen LogP) is 3.47. The van der Waals surface area contributed by atoms with E-state index in [0.29, 0.717) is 0 Å². The molecule has 4 atom stereocenters. The molecule has 3 aliphatic rings. The Morgan fingerprint density at radius 1 is 1.18 bits per heavy atom. The standard InChI is InChI=1S/C11H20/c1-3-5-8-6-9-7-11(8)10(9)4-2/h8-11H,3-7H2,1-2H3. The summed E-state index contributed by atoms with van der Waals surface area (Å²) in [5.74, 6) is 4.59. The van der Waals surface area contributed by atoms with E-state index in [9.17, 15) is 0 Å². The Kier molecular flexibility index (Phi) is 1.95. The van der Waals surface area contributed by atoms with E-state index in [2.05, 4.69) is 13.8 Å². The predicted molar refractivity (Wildman–Crippen MR) is 48.4 cm³/mol. The summed E-state index contributed by atoms with van der Waals surface area (Å²) in [7, 11) is 0. The normalized spacial score (nSPS) is 47.5. The molecule has 0 heteroatoms. The minimum absolute atomic E-state index is 1.13. The van der Waals surface area contributed by atoms with Crippen molar-refractivity contribution in [3.63, 3.8) is 0 Å². The van der Waals surface area contributed by atoms with Gasteiger partial charge >= 0.3 is 0 Å². The molecule has 3 rings (SSSR count). The van der Waals surface area contributed by atoms with Crippen molar-refractivity contribution in [1.82, 2.24) is 0 Å². The van der Waals surface area contributed by atoms with Gasteiger partial charge in [0.25, 0.3) is 0 Å². The zero-order valence-electron chi connectivity index (χ0n) is 7.84. The summed E-state index contributed by atoms with van der Waals surface area (Å²) in [6, 6.07) is 0. The van der Waals surface area contributed by atoms with Gasteiger partial charge in [-0.25, -0.2) is 0 Å². The molecule has 0 aromatic carbocycles. The van der Waals surface area contributed by atoms with Gasteiger partial charge in [-0.2, -0.15) is 0 Å². The first-order chi connectivity index (χ1) is 5.36. The van der Waals surface area contributed by atoms with Crippen LogP contribution in [-0.2, 0) is 0 Å². The van der Waals surface area contributed by atoms with Crippen molar-refractivity contribution in [2.75, 3.05) is 0 Å². The Morgan fingerprint density at radius 3 is 2.55 bits per heavy atom. The van der Waals surface area contributed by atoms with Crippen molar-refractivity contribution in [3.05, 3.63) is 0 Å². The molecular weight excluding hydrogens is 132 g/mol. The van der Waals surface area contributed by atoms with Crippen LogP contribution in [0.4, 0.5) is 0 Å². The second-order valence-electron chi connectivity index (χ2n) is 4.52. The van der Waals surface area contributed by atoms with E-state index in [0.717, 1.165) is 23.7 Å². The number of fused-ring (bicyclic) bond motifs is 1. The van der Waals surface area contributed by atoms with Gasteiger partial charge in [0.15, 0.2) is 0 Å². The van der Waals surface area contributed by atoms with Gasteiger partial charge in [0.2, 0.25) is 0 Å². The molecule has 0 spiro atoms. The number of hydrogen-bond donors (Lipinski definition) is 0. The third-order valence-corrected chi connectivity index (χ3v) is 4.07. The summed E-state index contributed by atoms with van der Waals surface area (Å²) < 4.78 is 0. The SMILES string of the molecule is CCCC1CC2CC1C2CC. The van der Waals surface area contributed by atoms with Crippen LogP contribution in [0.3, 0.4) is 0 Å². The van der Waals surface area contributed by atoms with Crippen LogP contribution in [0.25, 0.3) is 0 Å². The summed E-state index contributed by atoms with van der Waals surface area (Å²) in [5, 5.41) is 0. The molecule has 3 aliphatic carbocycles. The number of hydrogen-bond acceptors (Lipinski definition) is 0. The van der Waals surface area contributed by atoms with E-state index in [1.165, 1.54) is 19.3 Å². The highest BCUT2D eigenvalue weighted by atomic mass is 14.6. The second-order valence-corrected chi connectivity index (χ2v) is 4.52. The lowest BCUT2D eigenvalue weighted by Gasteiger charge is -2.36. The lowest BCUT2D eigenvalue weighted by atomic mass is 9.69. The largest absolute Gasteiger partial charge is 0.0654 e. The average Bonchev–Trinajstić information content (AvgIpc) is 2.45. The molecule has 0 aliphatic heterocycles. The van der Waals surface area contributed by atoms with E-state index in [4.69, 9.17) is 0 Å². The lowest BCUT2D eigenvalue weighted by molar-refractivity contribution is 0.132. The Balaban J connectivity index is 1.90. The first-order valence-corrected chi connectivity index (χ1v) is 5.36. The topological polar surface area (TPSA) is 0 Å². The molecule has 4 unspecified atom stereocenters. The molecular formula is C11H20. The third-order valence-electron chi connectivity index (χ3n) is 4.07. The average molecular weight is 152 g/mol. The summed E-state index contributed by atoms with van der Waals surface area (Å²) in [4.78, 5) is 0. The molecule has 0 aromatic heterocycles. The van der Waals surface area contributed by atoms with Crippen molar-refractivity contribution in [2.24, 2.45) is 23.7 Å². The van der Waals surface area contributed by atoms with Crippen LogP contribution in [0, 0.1) is 23.7 Å². The summed E-state index contributed by atoms with van der Waals surface area (Å²) in [5.41, 5.74) is 0. The van der Waals surface area contributed by atoms with Gasteiger partial charge in [-0.15, -0.1) is 0 Å². The van der Waals surface area contributed by atoms with Crippen molar-refractivity contribution in [2.45, 2.75) is 46.0 Å². The molecule has 0 aromatic rings. The summed E-state index contributed by atoms with van der Waals surface area (Å²) in [6.07, 6.45) is 7.54. The molecule has 64 valence electrons. The van der Waals surface area contributed by atoms with Gasteiger partial charge in [-0.1, -0.05) is 33.1 Å². The van der Waals surface area contributed by atoms with E-state index < -0.39 is 0 Å². The van der Waals surface area contributed by atoms with Crippen molar-refractivity contribution in [3.8, 4) is 0 Å². The molecule has 3 saturated carbocycles. The minimum Gasteiger partial charge on any atom is -0.0654 e. The first-order valence-electron chi connectivity index (χ1n) is 5.36. The van der Waals surface area contributed by atoms with Crippen LogP contribution in [0.1, 0.15) is 46.0 Å². The Morgan fingerprint density at radius 2 is 2.00 bits per heavy atom. The Bertz CT molecular complexity index is 139. The van der Waals surface area contributed by atoms with Gasteiger partial charge in [0, 0.05) is 0 Å². The molecule has 2 bridgehead atoms. The second kappa shape index (κ2) is 2.80.